The standard InChI is InChI=1S/C20H21NO4.3CO.Cr/c1-22-17-4-3-12-7-16-14-9-19-18(24-11-25-19)8-13(14)5-6-21(16)10-15(12)20(17)23-2;3*1-2;/h3-4,8-9,16H,5-7,10-11H2,1-2H3;;;;/t16-;;;;/m0..../s1. The molecule has 0 unspecified atom stereocenters. The predicted octanol–water partition coefficient (Wildman–Crippen LogP) is 2.97. The van der Waals surface area contributed by atoms with Crippen molar-refractivity contribution in [3.63, 3.8) is 0 Å². The normalized spacial score (nSPS) is 16.2. The molecule has 32 heavy (non-hydrogen) atoms. The zero-order valence-corrected chi connectivity index (χ0v) is 18.9. The Bertz CT molecular complexity index is 972. The summed E-state index contributed by atoms with van der Waals surface area (Å²) in [5, 5.41) is 0. The predicted molar refractivity (Wildman–Crippen MR) is 104 cm³/mol. The molecule has 0 saturated carbocycles. The Morgan fingerprint density at radius 2 is 1.59 bits per heavy atom. The minimum absolute atomic E-state index is 0. The van der Waals surface area contributed by atoms with Gasteiger partial charge in [-0.3, -0.25) is 4.90 Å². The average molecular weight is 475 g/mol. The summed E-state index contributed by atoms with van der Waals surface area (Å²) in [4.78, 5) is 2.54. The van der Waals surface area contributed by atoms with E-state index in [-0.39, 0.29) is 17.4 Å². The molecule has 3 heterocycles. The van der Waals surface area contributed by atoms with Gasteiger partial charge in [-0.25, -0.2) is 0 Å². The third-order valence-electron chi connectivity index (χ3n) is 5.62. The number of hydrogen-bond donors (Lipinski definition) is 0. The molecule has 2 aromatic carbocycles. The van der Waals surface area contributed by atoms with Gasteiger partial charge in [0.1, 0.15) is 0 Å². The molecule has 166 valence electrons. The van der Waals surface area contributed by atoms with Crippen LogP contribution in [0.3, 0.4) is 0 Å². The molecule has 0 spiro atoms. The largest absolute Gasteiger partial charge is 0 e. The van der Waals surface area contributed by atoms with E-state index in [1.165, 1.54) is 22.3 Å². The molecule has 0 radical (unpaired) electrons. The van der Waals surface area contributed by atoms with Gasteiger partial charge in [-0.2, -0.15) is 0 Å². The molecule has 0 amide bonds. The van der Waals surface area contributed by atoms with Gasteiger partial charge in [0.15, 0.2) is 23.0 Å². The summed E-state index contributed by atoms with van der Waals surface area (Å²) in [6, 6.07) is 8.91. The van der Waals surface area contributed by atoms with Gasteiger partial charge in [-0.05, 0) is 47.7 Å². The molecule has 0 fully saturated rings. The van der Waals surface area contributed by atoms with Crippen molar-refractivity contribution in [2.75, 3.05) is 27.6 Å². The van der Waals surface area contributed by atoms with Gasteiger partial charge in [0.25, 0.3) is 0 Å². The Morgan fingerprint density at radius 3 is 2.22 bits per heavy atom. The van der Waals surface area contributed by atoms with Crippen LogP contribution in [0.5, 0.6) is 23.0 Å². The maximum absolute atomic E-state index is 7.50. The van der Waals surface area contributed by atoms with Crippen LogP contribution in [0.4, 0.5) is 0 Å². The second-order valence-corrected chi connectivity index (χ2v) is 6.78. The van der Waals surface area contributed by atoms with E-state index in [1.54, 1.807) is 14.2 Å². The van der Waals surface area contributed by atoms with E-state index in [0.717, 1.165) is 48.9 Å². The van der Waals surface area contributed by atoms with E-state index in [0.29, 0.717) is 12.8 Å². The second-order valence-electron chi connectivity index (χ2n) is 6.78. The summed E-state index contributed by atoms with van der Waals surface area (Å²) in [5.41, 5.74) is 5.34. The summed E-state index contributed by atoms with van der Waals surface area (Å²) in [6.07, 6.45) is 2.01. The molecular weight excluding hydrogens is 454 g/mol. The maximum atomic E-state index is 7.50. The van der Waals surface area contributed by atoms with E-state index in [9.17, 15) is 0 Å². The van der Waals surface area contributed by atoms with Crippen LogP contribution in [0, 0.1) is 20.0 Å². The molecule has 0 bridgehead atoms. The van der Waals surface area contributed by atoms with Gasteiger partial charge in [0.2, 0.25) is 6.79 Å². The summed E-state index contributed by atoms with van der Waals surface area (Å²) in [6.45, 7) is 15.7. The van der Waals surface area contributed by atoms with E-state index in [4.69, 9.17) is 32.9 Å². The Morgan fingerprint density at radius 1 is 0.938 bits per heavy atom. The maximum Gasteiger partial charge on any atom is 0 e. The topological polar surface area (TPSA) is 99.9 Å². The Balaban J connectivity index is 0.000000679. The smallest absolute Gasteiger partial charge is 0 e. The van der Waals surface area contributed by atoms with E-state index in [2.05, 4.69) is 43.1 Å². The molecule has 2 aromatic rings. The third-order valence-corrected chi connectivity index (χ3v) is 5.62. The van der Waals surface area contributed by atoms with Crippen LogP contribution in [0.15, 0.2) is 24.3 Å². The molecule has 8 nitrogen and oxygen atoms in total. The first-order chi connectivity index (χ1) is 15.3. The average Bonchev–Trinajstić information content (AvgIpc) is 3.32. The van der Waals surface area contributed by atoms with Crippen molar-refractivity contribution < 1.29 is 50.3 Å². The van der Waals surface area contributed by atoms with Crippen molar-refractivity contribution >= 4 is 0 Å². The van der Waals surface area contributed by atoms with Crippen LogP contribution >= 0.6 is 0 Å². The third kappa shape index (κ3) is 5.05. The van der Waals surface area contributed by atoms with Crippen LogP contribution < -0.4 is 18.9 Å². The molecule has 0 saturated heterocycles. The minimum Gasteiger partial charge on any atom is 0 e. The summed E-state index contributed by atoms with van der Waals surface area (Å²) in [5.74, 6) is 3.43. The molecule has 5 rings (SSSR count). The Hall–Kier alpha value is -2.65. The van der Waals surface area contributed by atoms with Crippen molar-refractivity contribution in [1.29, 1.82) is 0 Å². The number of fused-ring (bicyclic) bond motifs is 5. The van der Waals surface area contributed by atoms with Crippen LogP contribution in [0.2, 0.25) is 0 Å². The number of rotatable bonds is 2. The fourth-order valence-corrected chi connectivity index (χ4v) is 4.38. The van der Waals surface area contributed by atoms with Gasteiger partial charge in [0.05, 0.1) is 14.2 Å². The van der Waals surface area contributed by atoms with Gasteiger partial charge in [-0.1, -0.05) is 6.07 Å². The fraction of sp³-hybridized carbons (Fsp3) is 0.348. The first-order valence-electron chi connectivity index (χ1n) is 9.29. The monoisotopic (exact) mass is 475 g/mol. The van der Waals surface area contributed by atoms with Crippen molar-refractivity contribution in [3.8, 4) is 23.0 Å². The Labute approximate surface area is 197 Å². The molecule has 0 aliphatic carbocycles. The molecule has 3 aliphatic heterocycles. The van der Waals surface area contributed by atoms with Gasteiger partial charge < -0.3 is 18.9 Å². The molecule has 3 aliphatic rings. The summed E-state index contributed by atoms with van der Waals surface area (Å²) < 4.78 is 44.8. The quantitative estimate of drug-likeness (QED) is 0.491. The van der Waals surface area contributed by atoms with E-state index >= 15 is 0 Å². The van der Waals surface area contributed by atoms with Crippen molar-refractivity contribution in [2.45, 2.75) is 25.4 Å². The SMILES string of the molecule is COc1ccc2c(c1OC)CN1CCc3cc4c(cc3[C@@H]1C2)OCO4.[C-]#[O+].[C-]#[O+].[C-]#[O+].[Cr]. The molecule has 0 aromatic heterocycles. The number of hydrogen-bond acceptors (Lipinski definition) is 5. The van der Waals surface area contributed by atoms with Crippen LogP contribution in [0.1, 0.15) is 28.3 Å². The number of benzene rings is 2. The number of nitrogens with zero attached hydrogens (tertiary/aromatic N) is 1. The van der Waals surface area contributed by atoms with Crippen LogP contribution in [-0.2, 0) is 50.7 Å². The Kier molecular flexibility index (Phi) is 11.1. The number of methoxy groups -OCH3 is 2. The van der Waals surface area contributed by atoms with Crippen molar-refractivity contribution in [3.05, 3.63) is 66.5 Å². The van der Waals surface area contributed by atoms with Crippen LogP contribution in [-0.4, -0.2) is 32.5 Å². The summed E-state index contributed by atoms with van der Waals surface area (Å²) >= 11 is 0. The van der Waals surface area contributed by atoms with Gasteiger partial charge in [0, 0.05) is 42.1 Å². The van der Waals surface area contributed by atoms with Gasteiger partial charge in [-0.15, -0.1) is 0 Å². The minimum atomic E-state index is 0. The zero-order valence-electron chi connectivity index (χ0n) is 17.6. The number of ether oxygens (including phenoxy) is 4. The zero-order chi connectivity index (χ0) is 23.0. The van der Waals surface area contributed by atoms with Crippen LogP contribution in [0.25, 0.3) is 0 Å². The fourth-order valence-electron chi connectivity index (χ4n) is 4.38. The van der Waals surface area contributed by atoms with E-state index < -0.39 is 0 Å². The second kappa shape index (κ2) is 13.0. The molecular formula is C23H21CrNO7. The molecule has 1 atom stereocenters. The first kappa shape index (κ1) is 27.4. The molecule has 0 N–H and O–H groups in total. The summed E-state index contributed by atoms with van der Waals surface area (Å²) in [7, 11) is 3.41. The van der Waals surface area contributed by atoms with Gasteiger partial charge >= 0.3 is 33.9 Å². The first-order valence-corrected chi connectivity index (χ1v) is 9.29. The van der Waals surface area contributed by atoms with Crippen molar-refractivity contribution in [2.24, 2.45) is 0 Å². The van der Waals surface area contributed by atoms with E-state index in [1.807, 2.05) is 6.07 Å². The molecule has 9 heteroatoms. The van der Waals surface area contributed by atoms with Crippen molar-refractivity contribution in [1.82, 2.24) is 4.90 Å².